The minimum absolute atomic E-state index is 0.0838. The molecular weight excluding hydrogens is 436 g/mol. The van der Waals surface area contributed by atoms with E-state index in [9.17, 15) is 9.59 Å². The molecule has 4 aromatic heterocycles. The number of hydrogen-bond acceptors (Lipinski definition) is 8. The fourth-order valence-corrected chi connectivity index (χ4v) is 4.06. The summed E-state index contributed by atoms with van der Waals surface area (Å²) in [6.45, 7) is 5.66. The van der Waals surface area contributed by atoms with E-state index in [1.54, 1.807) is 30.1 Å². The van der Waals surface area contributed by atoms with E-state index in [4.69, 9.17) is 4.42 Å². The molecule has 0 fully saturated rings. The Bertz CT molecular complexity index is 1640. The molecule has 172 valence electrons. The summed E-state index contributed by atoms with van der Waals surface area (Å²) in [4.78, 5) is 31.6. The third-order valence-corrected chi connectivity index (χ3v) is 5.67. The average Bonchev–Trinajstić information content (AvgIpc) is 3.44. The van der Waals surface area contributed by atoms with Crippen LogP contribution in [0.1, 0.15) is 29.7 Å². The van der Waals surface area contributed by atoms with Gasteiger partial charge < -0.3 is 9.73 Å². The predicted octanol–water partition coefficient (Wildman–Crippen LogP) is 3.72. The van der Waals surface area contributed by atoms with E-state index < -0.39 is 5.76 Å². The van der Waals surface area contributed by atoms with Gasteiger partial charge in [0.15, 0.2) is 5.43 Å². The molecule has 2 N–H and O–H groups in total. The zero-order chi connectivity index (χ0) is 24.0. The normalized spacial score (nSPS) is 12.2. The topological polar surface area (TPSA) is 132 Å². The van der Waals surface area contributed by atoms with Gasteiger partial charge in [0, 0.05) is 30.6 Å². The van der Waals surface area contributed by atoms with Gasteiger partial charge in [0.25, 0.3) is 0 Å². The molecule has 10 nitrogen and oxygen atoms in total. The molecule has 5 rings (SSSR count). The summed E-state index contributed by atoms with van der Waals surface area (Å²) in [5, 5.41) is 11.9. The second-order valence-corrected chi connectivity index (χ2v) is 8.23. The molecule has 1 atom stereocenters. The van der Waals surface area contributed by atoms with Crippen molar-refractivity contribution in [2.45, 2.75) is 26.8 Å². The van der Waals surface area contributed by atoms with Crippen molar-refractivity contribution in [1.82, 2.24) is 24.9 Å². The number of nitrogens with one attached hydrogen (secondary N) is 2. The van der Waals surface area contributed by atoms with Gasteiger partial charge in [-0.3, -0.25) is 24.0 Å². The minimum atomic E-state index is -0.663. The quantitative estimate of drug-likeness (QED) is 0.407. The molecule has 5 aromatic rings. The van der Waals surface area contributed by atoms with E-state index in [0.717, 1.165) is 16.7 Å². The maximum absolute atomic E-state index is 13.3. The SMILES string of the molecule is Cc1cc([C@@H](C)Nc2cccnc2-c2noc(=O)[nH]2)c2oc(-c3cnn(C)c3)c(C)c(=O)c2c1. The maximum atomic E-state index is 13.3. The summed E-state index contributed by atoms with van der Waals surface area (Å²) in [5.74, 6) is 0.0463. The Kier molecular flexibility index (Phi) is 5.12. The number of benzene rings is 1. The second-order valence-electron chi connectivity index (χ2n) is 8.23. The first-order valence-electron chi connectivity index (χ1n) is 10.7. The summed E-state index contributed by atoms with van der Waals surface area (Å²) in [6, 6.07) is 7.14. The molecule has 0 bridgehead atoms. The fourth-order valence-electron chi connectivity index (χ4n) is 4.06. The van der Waals surface area contributed by atoms with Crippen molar-refractivity contribution < 1.29 is 8.94 Å². The lowest BCUT2D eigenvalue weighted by atomic mass is 9.99. The molecule has 0 aliphatic rings. The largest absolute Gasteiger partial charge is 0.455 e. The molecule has 0 spiro atoms. The molecular formula is C24H22N6O4. The molecule has 34 heavy (non-hydrogen) atoms. The smallest absolute Gasteiger partial charge is 0.439 e. The van der Waals surface area contributed by atoms with Crippen molar-refractivity contribution in [3.05, 3.63) is 80.3 Å². The Balaban J connectivity index is 1.64. The van der Waals surface area contributed by atoms with E-state index in [-0.39, 0.29) is 17.3 Å². The van der Waals surface area contributed by atoms with Gasteiger partial charge in [-0.15, -0.1) is 0 Å². The van der Waals surface area contributed by atoms with Crippen molar-refractivity contribution in [3.63, 3.8) is 0 Å². The molecule has 0 aliphatic heterocycles. The van der Waals surface area contributed by atoms with Gasteiger partial charge in [-0.05, 0) is 44.5 Å². The number of nitrogens with zero attached hydrogens (tertiary/aromatic N) is 4. The van der Waals surface area contributed by atoms with E-state index in [2.05, 4.69) is 30.1 Å². The highest BCUT2D eigenvalue weighted by molar-refractivity contribution is 5.84. The summed E-state index contributed by atoms with van der Waals surface area (Å²) in [7, 11) is 1.81. The van der Waals surface area contributed by atoms with Gasteiger partial charge in [-0.25, -0.2) is 4.79 Å². The van der Waals surface area contributed by atoms with Crippen LogP contribution in [-0.4, -0.2) is 24.9 Å². The van der Waals surface area contributed by atoms with E-state index in [1.807, 2.05) is 45.3 Å². The Morgan fingerprint density at radius 2 is 2.03 bits per heavy atom. The molecule has 0 saturated carbocycles. The highest BCUT2D eigenvalue weighted by atomic mass is 16.5. The number of rotatable bonds is 5. The first kappa shape index (κ1) is 21.4. The zero-order valence-electron chi connectivity index (χ0n) is 19.0. The molecule has 0 saturated heterocycles. The first-order valence-corrected chi connectivity index (χ1v) is 10.7. The summed E-state index contributed by atoms with van der Waals surface area (Å²) >= 11 is 0. The standard InChI is InChI=1S/C24H22N6O4/c1-12-8-16(14(3)27-18-6-5-7-25-19(18)23-28-24(32)34-29-23)22-17(9-12)20(31)13(2)21(33-22)15-10-26-30(4)11-15/h5-11,14,27H,1-4H3,(H,28,29,32)/t14-/m1/s1. The minimum Gasteiger partial charge on any atom is -0.455 e. The molecule has 4 heterocycles. The van der Waals surface area contributed by atoms with Crippen LogP contribution in [0.15, 0.2) is 61.4 Å². The van der Waals surface area contributed by atoms with Crippen molar-refractivity contribution in [2.75, 3.05) is 5.32 Å². The van der Waals surface area contributed by atoms with Crippen LogP contribution in [0.2, 0.25) is 0 Å². The highest BCUT2D eigenvalue weighted by Crippen LogP contribution is 2.33. The predicted molar refractivity (Wildman–Crippen MR) is 127 cm³/mol. The molecule has 0 unspecified atom stereocenters. The van der Waals surface area contributed by atoms with Gasteiger partial charge in [-0.2, -0.15) is 5.10 Å². The molecule has 0 amide bonds. The highest BCUT2D eigenvalue weighted by Gasteiger charge is 2.21. The van der Waals surface area contributed by atoms with Crippen LogP contribution in [0.4, 0.5) is 5.69 Å². The van der Waals surface area contributed by atoms with E-state index in [0.29, 0.717) is 33.7 Å². The Morgan fingerprint density at radius 1 is 1.21 bits per heavy atom. The van der Waals surface area contributed by atoms with Gasteiger partial charge in [0.05, 0.1) is 28.9 Å². The number of pyridine rings is 1. The Morgan fingerprint density at radius 3 is 2.74 bits per heavy atom. The van der Waals surface area contributed by atoms with Gasteiger partial charge in [0.1, 0.15) is 17.0 Å². The number of anilines is 1. The summed E-state index contributed by atoms with van der Waals surface area (Å²) in [5.41, 5.74) is 4.49. The Hall–Kier alpha value is -4.47. The van der Waals surface area contributed by atoms with Gasteiger partial charge in [0.2, 0.25) is 5.82 Å². The number of hydrogen-bond donors (Lipinski definition) is 2. The summed E-state index contributed by atoms with van der Waals surface area (Å²) < 4.78 is 12.6. The van der Waals surface area contributed by atoms with Crippen molar-refractivity contribution in [1.29, 1.82) is 0 Å². The lowest BCUT2D eigenvalue weighted by Gasteiger charge is -2.19. The molecule has 1 aromatic carbocycles. The van der Waals surface area contributed by atoms with Crippen LogP contribution in [-0.2, 0) is 7.05 Å². The molecule has 0 radical (unpaired) electrons. The van der Waals surface area contributed by atoms with E-state index in [1.165, 1.54) is 0 Å². The molecule has 10 heteroatoms. The number of H-pyrrole nitrogens is 1. The number of aromatic amines is 1. The molecule has 0 aliphatic carbocycles. The van der Waals surface area contributed by atoms with Crippen molar-refractivity contribution in [2.24, 2.45) is 7.05 Å². The van der Waals surface area contributed by atoms with Gasteiger partial charge in [-0.1, -0.05) is 11.2 Å². The summed E-state index contributed by atoms with van der Waals surface area (Å²) in [6.07, 6.45) is 5.09. The third kappa shape index (κ3) is 3.68. The van der Waals surface area contributed by atoms with Crippen LogP contribution in [0.3, 0.4) is 0 Å². The van der Waals surface area contributed by atoms with Gasteiger partial charge >= 0.3 is 5.76 Å². The number of fused-ring (bicyclic) bond motifs is 1. The Labute approximate surface area is 193 Å². The first-order chi connectivity index (χ1) is 16.3. The monoisotopic (exact) mass is 458 g/mol. The fraction of sp³-hybridized carbons (Fsp3) is 0.208. The van der Waals surface area contributed by atoms with Crippen LogP contribution >= 0.6 is 0 Å². The van der Waals surface area contributed by atoms with Crippen molar-refractivity contribution in [3.8, 4) is 22.8 Å². The van der Waals surface area contributed by atoms with Crippen LogP contribution in [0, 0.1) is 13.8 Å². The zero-order valence-corrected chi connectivity index (χ0v) is 19.0. The van der Waals surface area contributed by atoms with Crippen LogP contribution in [0.25, 0.3) is 33.8 Å². The van der Waals surface area contributed by atoms with Crippen molar-refractivity contribution >= 4 is 16.7 Å². The lowest BCUT2D eigenvalue weighted by molar-refractivity contribution is 0.388. The maximum Gasteiger partial charge on any atom is 0.439 e. The lowest BCUT2D eigenvalue weighted by Crippen LogP contribution is -2.13. The average molecular weight is 458 g/mol. The van der Waals surface area contributed by atoms with E-state index >= 15 is 0 Å². The van der Waals surface area contributed by atoms with Crippen LogP contribution < -0.4 is 16.5 Å². The number of aromatic nitrogens is 5. The third-order valence-electron chi connectivity index (χ3n) is 5.67. The van der Waals surface area contributed by atoms with Crippen LogP contribution in [0.5, 0.6) is 0 Å². The number of aryl methyl sites for hydroxylation is 2. The second kappa shape index (κ2) is 8.14.